The van der Waals surface area contributed by atoms with Crippen LogP contribution in [0, 0.1) is 0 Å². The molecule has 1 heterocycles. The lowest BCUT2D eigenvalue weighted by atomic mass is 10.1. The summed E-state index contributed by atoms with van der Waals surface area (Å²) in [7, 11) is 0. The third-order valence-electron chi connectivity index (χ3n) is 5.79. The Labute approximate surface area is 252 Å². The van der Waals surface area contributed by atoms with E-state index in [2.05, 4.69) is 10.6 Å². The van der Waals surface area contributed by atoms with E-state index in [0.29, 0.717) is 30.4 Å². The van der Waals surface area contributed by atoms with E-state index in [0.717, 1.165) is 11.3 Å². The zero-order chi connectivity index (χ0) is 30.2. The Morgan fingerprint density at radius 2 is 1.64 bits per heavy atom. The Morgan fingerprint density at radius 1 is 0.929 bits per heavy atom. The van der Waals surface area contributed by atoms with Crippen molar-refractivity contribution in [1.82, 2.24) is 5.32 Å². The number of barbiturate groups is 1. The minimum atomic E-state index is -0.916. The summed E-state index contributed by atoms with van der Waals surface area (Å²) in [6, 6.07) is 15.4. The van der Waals surface area contributed by atoms with Gasteiger partial charge in [-0.15, -0.1) is 0 Å². The first-order valence-electron chi connectivity index (χ1n) is 13.0. The average Bonchev–Trinajstić information content (AvgIpc) is 2.95. The van der Waals surface area contributed by atoms with E-state index in [-0.39, 0.29) is 39.2 Å². The molecule has 1 saturated heterocycles. The molecule has 5 amide bonds. The molecular formula is C30H27Cl2N3O7. The van der Waals surface area contributed by atoms with Gasteiger partial charge in [0, 0.05) is 11.8 Å². The molecule has 0 bridgehead atoms. The van der Waals surface area contributed by atoms with Gasteiger partial charge in [-0.2, -0.15) is 0 Å². The molecule has 0 radical (unpaired) electrons. The van der Waals surface area contributed by atoms with Crippen molar-refractivity contribution in [3.63, 3.8) is 0 Å². The molecule has 4 rings (SSSR count). The fourth-order valence-electron chi connectivity index (χ4n) is 3.95. The lowest BCUT2D eigenvalue weighted by Gasteiger charge is -2.27. The number of nitrogens with zero attached hydrogens (tertiary/aromatic N) is 1. The third-order valence-corrected chi connectivity index (χ3v) is 6.35. The van der Waals surface area contributed by atoms with Crippen LogP contribution in [0.1, 0.15) is 25.8 Å². The lowest BCUT2D eigenvalue weighted by molar-refractivity contribution is -0.122. The van der Waals surface area contributed by atoms with Crippen molar-refractivity contribution in [2.45, 2.75) is 20.3 Å². The molecule has 0 spiro atoms. The van der Waals surface area contributed by atoms with Gasteiger partial charge in [-0.3, -0.25) is 19.7 Å². The number of halogens is 2. The Kier molecular flexibility index (Phi) is 10.1. The van der Waals surface area contributed by atoms with Crippen LogP contribution >= 0.6 is 23.2 Å². The van der Waals surface area contributed by atoms with Gasteiger partial charge in [0.1, 0.15) is 5.57 Å². The summed E-state index contributed by atoms with van der Waals surface area (Å²) in [5.74, 6) is -1.32. The summed E-state index contributed by atoms with van der Waals surface area (Å²) >= 11 is 12.7. The highest BCUT2D eigenvalue weighted by molar-refractivity contribution is 6.40. The SMILES string of the molecule is CCCOc1ccc(N2C(=O)NC(=O)/C(=C\c3cc(Cl)c(OCC(=O)Nc4ccccc4)c(Cl)c3)C2=O)cc1OCC. The van der Waals surface area contributed by atoms with Crippen molar-refractivity contribution in [3.8, 4) is 17.2 Å². The number of rotatable bonds is 11. The van der Waals surface area contributed by atoms with Crippen molar-refractivity contribution < 1.29 is 33.4 Å². The summed E-state index contributed by atoms with van der Waals surface area (Å²) in [5, 5.41) is 4.94. The number of hydrogen-bond donors (Lipinski definition) is 2. The molecule has 1 fully saturated rings. The summed E-state index contributed by atoms with van der Waals surface area (Å²) in [6.07, 6.45) is 2.03. The van der Waals surface area contributed by atoms with Crippen LogP contribution < -0.4 is 29.7 Å². The lowest BCUT2D eigenvalue weighted by Crippen LogP contribution is -2.54. The fraction of sp³-hybridized carbons (Fsp3) is 0.200. The van der Waals surface area contributed by atoms with E-state index in [9.17, 15) is 19.2 Å². The van der Waals surface area contributed by atoms with Crippen LogP contribution in [0.25, 0.3) is 6.08 Å². The normalized spacial score (nSPS) is 14.0. The molecule has 0 saturated carbocycles. The maximum Gasteiger partial charge on any atom is 0.335 e. The van der Waals surface area contributed by atoms with Gasteiger partial charge in [0.05, 0.1) is 28.9 Å². The number of anilines is 2. The Hall–Kier alpha value is -4.54. The molecule has 0 unspecified atom stereocenters. The van der Waals surface area contributed by atoms with Crippen LogP contribution in [-0.4, -0.2) is 43.6 Å². The van der Waals surface area contributed by atoms with Gasteiger partial charge >= 0.3 is 6.03 Å². The summed E-state index contributed by atoms with van der Waals surface area (Å²) < 4.78 is 16.9. The number of carbonyl (C=O) groups excluding carboxylic acids is 4. The van der Waals surface area contributed by atoms with Crippen molar-refractivity contribution in [2.24, 2.45) is 0 Å². The predicted molar refractivity (Wildman–Crippen MR) is 159 cm³/mol. The summed E-state index contributed by atoms with van der Waals surface area (Å²) in [4.78, 5) is 51.9. The number of carbonyl (C=O) groups is 4. The van der Waals surface area contributed by atoms with Crippen molar-refractivity contribution in [2.75, 3.05) is 30.0 Å². The monoisotopic (exact) mass is 611 g/mol. The van der Waals surface area contributed by atoms with Gasteiger partial charge in [-0.1, -0.05) is 48.3 Å². The number of hydrogen-bond acceptors (Lipinski definition) is 7. The predicted octanol–water partition coefficient (Wildman–Crippen LogP) is 5.86. The zero-order valence-corrected chi connectivity index (χ0v) is 24.3. The number of amides is 5. The van der Waals surface area contributed by atoms with Crippen LogP contribution in [0.15, 0.2) is 66.2 Å². The molecular weight excluding hydrogens is 585 g/mol. The molecule has 3 aromatic carbocycles. The number of benzene rings is 3. The van der Waals surface area contributed by atoms with E-state index in [1.807, 2.05) is 13.0 Å². The number of nitrogens with one attached hydrogen (secondary N) is 2. The van der Waals surface area contributed by atoms with Crippen molar-refractivity contribution in [1.29, 1.82) is 0 Å². The van der Waals surface area contributed by atoms with E-state index in [4.69, 9.17) is 37.4 Å². The minimum Gasteiger partial charge on any atom is -0.490 e. The molecule has 0 aliphatic carbocycles. The quantitative estimate of drug-likeness (QED) is 0.205. The highest BCUT2D eigenvalue weighted by Crippen LogP contribution is 2.36. The summed E-state index contributed by atoms with van der Waals surface area (Å²) in [5.41, 5.74) is 0.735. The van der Waals surface area contributed by atoms with Gasteiger partial charge in [-0.05, 0) is 61.4 Å². The number of para-hydroxylation sites is 1. The van der Waals surface area contributed by atoms with Crippen LogP contribution in [-0.2, 0) is 14.4 Å². The van der Waals surface area contributed by atoms with Crippen LogP contribution in [0.2, 0.25) is 10.0 Å². The molecule has 0 atom stereocenters. The molecule has 1 aliphatic heterocycles. The molecule has 12 heteroatoms. The first-order valence-corrected chi connectivity index (χ1v) is 13.7. The van der Waals surface area contributed by atoms with Gasteiger partial charge in [0.2, 0.25) is 0 Å². The Bertz CT molecular complexity index is 1520. The van der Waals surface area contributed by atoms with Crippen LogP contribution in [0.5, 0.6) is 17.2 Å². The smallest absolute Gasteiger partial charge is 0.335 e. The molecule has 42 heavy (non-hydrogen) atoms. The van der Waals surface area contributed by atoms with Gasteiger partial charge in [-0.25, -0.2) is 9.69 Å². The minimum absolute atomic E-state index is 0.0440. The molecule has 2 N–H and O–H groups in total. The standard InChI is InChI=1S/C30H27Cl2N3O7/c1-3-12-41-24-11-10-20(16-25(24)40-4-2)35-29(38)21(28(37)34-30(35)39)13-18-14-22(31)27(23(32)15-18)42-17-26(36)33-19-8-6-5-7-9-19/h5-11,13-16H,3-4,12,17H2,1-2H3,(H,33,36)(H,34,37,39)/b21-13+. The van der Waals surface area contributed by atoms with E-state index in [1.54, 1.807) is 37.3 Å². The third kappa shape index (κ3) is 7.20. The maximum absolute atomic E-state index is 13.4. The molecule has 0 aromatic heterocycles. The second-order valence-corrected chi connectivity index (χ2v) is 9.70. The second kappa shape index (κ2) is 13.9. The number of urea groups is 1. The Balaban J connectivity index is 1.55. The van der Waals surface area contributed by atoms with Gasteiger partial charge in [0.15, 0.2) is 23.9 Å². The number of imide groups is 2. The van der Waals surface area contributed by atoms with Crippen LogP contribution in [0.3, 0.4) is 0 Å². The van der Waals surface area contributed by atoms with E-state index >= 15 is 0 Å². The first-order chi connectivity index (χ1) is 20.2. The van der Waals surface area contributed by atoms with Crippen molar-refractivity contribution >= 4 is 64.4 Å². The molecule has 3 aromatic rings. The molecule has 218 valence electrons. The average molecular weight is 612 g/mol. The maximum atomic E-state index is 13.4. The number of ether oxygens (including phenoxy) is 3. The second-order valence-electron chi connectivity index (χ2n) is 8.89. The van der Waals surface area contributed by atoms with E-state index < -0.39 is 23.8 Å². The highest BCUT2D eigenvalue weighted by Gasteiger charge is 2.37. The summed E-state index contributed by atoms with van der Waals surface area (Å²) in [6.45, 7) is 4.18. The topological polar surface area (TPSA) is 123 Å². The molecule has 10 nitrogen and oxygen atoms in total. The zero-order valence-electron chi connectivity index (χ0n) is 22.7. The first kappa shape index (κ1) is 30.4. The Morgan fingerprint density at radius 3 is 2.31 bits per heavy atom. The van der Waals surface area contributed by atoms with Gasteiger partial charge < -0.3 is 19.5 Å². The molecule has 1 aliphatic rings. The largest absolute Gasteiger partial charge is 0.490 e. The van der Waals surface area contributed by atoms with Crippen LogP contribution in [0.4, 0.5) is 16.2 Å². The van der Waals surface area contributed by atoms with Crippen molar-refractivity contribution in [3.05, 3.63) is 81.8 Å². The van der Waals surface area contributed by atoms with Gasteiger partial charge in [0.25, 0.3) is 17.7 Å². The fourth-order valence-corrected chi connectivity index (χ4v) is 4.56. The van der Waals surface area contributed by atoms with E-state index in [1.165, 1.54) is 30.3 Å². The highest BCUT2D eigenvalue weighted by atomic mass is 35.5.